The number of phenolic OH excluding ortho intramolecular Hbond substituents is 1. The number of esters is 1. The number of rotatable bonds is 7. The second-order valence-corrected chi connectivity index (χ2v) is 6.62. The summed E-state index contributed by atoms with van der Waals surface area (Å²) < 4.78 is 5.09. The molecule has 0 atom stereocenters. The molecule has 150 valence electrons. The number of hydrogen-bond acceptors (Lipinski definition) is 6. The molecule has 0 radical (unpaired) electrons. The van der Waals surface area contributed by atoms with E-state index in [1.54, 1.807) is 61.5 Å². The number of hydrogen-bond donors (Lipinski definition) is 1. The highest BCUT2D eigenvalue weighted by Crippen LogP contribution is 2.27. The molecule has 0 aliphatic heterocycles. The van der Waals surface area contributed by atoms with Crippen LogP contribution in [-0.4, -0.2) is 16.9 Å². The predicted octanol–water partition coefficient (Wildman–Crippen LogP) is 5.66. The summed E-state index contributed by atoms with van der Waals surface area (Å²) in [4.78, 5) is 24.0. The largest absolute Gasteiger partial charge is 0.507 e. The molecule has 0 aromatic heterocycles. The fourth-order valence-electron chi connectivity index (χ4n) is 2.56. The summed E-state index contributed by atoms with van der Waals surface area (Å²) >= 11 is 0. The quantitative estimate of drug-likeness (QED) is 0.240. The highest BCUT2D eigenvalue weighted by molar-refractivity contribution is 6.11. The SMILES string of the molecule is C=C(C)C(=O)OCc1ccc(/N=N/c2ccc(O)c(C(=O)c3ccccc3)c2)cc1. The topological polar surface area (TPSA) is 88.3 Å². The Morgan fingerprint density at radius 2 is 1.57 bits per heavy atom. The number of phenols is 1. The van der Waals surface area contributed by atoms with E-state index in [1.807, 2.05) is 6.07 Å². The van der Waals surface area contributed by atoms with Gasteiger partial charge in [-0.15, -0.1) is 0 Å². The van der Waals surface area contributed by atoms with Crippen molar-refractivity contribution in [2.45, 2.75) is 13.5 Å². The van der Waals surface area contributed by atoms with Crippen molar-refractivity contribution in [2.24, 2.45) is 10.2 Å². The van der Waals surface area contributed by atoms with Crippen LogP contribution in [0.15, 0.2) is 95.2 Å². The van der Waals surface area contributed by atoms with Crippen LogP contribution in [0.3, 0.4) is 0 Å². The van der Waals surface area contributed by atoms with E-state index in [4.69, 9.17) is 4.74 Å². The van der Waals surface area contributed by atoms with Crippen molar-refractivity contribution in [2.75, 3.05) is 0 Å². The minimum absolute atomic E-state index is 0.114. The van der Waals surface area contributed by atoms with Gasteiger partial charge in [-0.1, -0.05) is 49.0 Å². The zero-order valence-electron chi connectivity index (χ0n) is 16.4. The molecule has 3 rings (SSSR count). The van der Waals surface area contributed by atoms with Gasteiger partial charge in [-0.05, 0) is 42.8 Å². The van der Waals surface area contributed by atoms with Gasteiger partial charge >= 0.3 is 5.97 Å². The molecule has 0 saturated heterocycles. The maximum absolute atomic E-state index is 12.6. The van der Waals surface area contributed by atoms with Gasteiger partial charge in [-0.3, -0.25) is 4.79 Å². The monoisotopic (exact) mass is 400 g/mol. The molecular weight excluding hydrogens is 380 g/mol. The Balaban J connectivity index is 1.71. The molecule has 0 bridgehead atoms. The molecule has 0 amide bonds. The minimum Gasteiger partial charge on any atom is -0.507 e. The third kappa shape index (κ3) is 5.26. The van der Waals surface area contributed by atoms with Crippen molar-refractivity contribution in [3.63, 3.8) is 0 Å². The summed E-state index contributed by atoms with van der Waals surface area (Å²) in [5.74, 6) is -0.845. The molecule has 0 heterocycles. The predicted molar refractivity (Wildman–Crippen MR) is 113 cm³/mol. The lowest BCUT2D eigenvalue weighted by Crippen LogP contribution is -2.04. The van der Waals surface area contributed by atoms with Crippen LogP contribution >= 0.6 is 0 Å². The van der Waals surface area contributed by atoms with Gasteiger partial charge in [0.1, 0.15) is 12.4 Å². The third-order valence-electron chi connectivity index (χ3n) is 4.20. The van der Waals surface area contributed by atoms with Crippen molar-refractivity contribution in [1.82, 2.24) is 0 Å². The summed E-state index contributed by atoms with van der Waals surface area (Å²) in [5, 5.41) is 18.4. The smallest absolute Gasteiger partial charge is 0.333 e. The van der Waals surface area contributed by atoms with E-state index in [-0.39, 0.29) is 23.7 Å². The highest BCUT2D eigenvalue weighted by atomic mass is 16.5. The lowest BCUT2D eigenvalue weighted by atomic mass is 10.0. The molecule has 0 aliphatic rings. The average molecular weight is 400 g/mol. The van der Waals surface area contributed by atoms with Gasteiger partial charge in [0.2, 0.25) is 0 Å². The number of ether oxygens (including phenoxy) is 1. The summed E-state index contributed by atoms with van der Waals surface area (Å²) in [6.07, 6.45) is 0. The van der Waals surface area contributed by atoms with E-state index in [0.29, 0.717) is 22.5 Å². The second-order valence-electron chi connectivity index (χ2n) is 6.62. The van der Waals surface area contributed by atoms with Crippen LogP contribution in [0.25, 0.3) is 0 Å². The first-order chi connectivity index (χ1) is 14.4. The van der Waals surface area contributed by atoms with Crippen LogP contribution in [0.2, 0.25) is 0 Å². The van der Waals surface area contributed by atoms with Crippen molar-refractivity contribution in [1.29, 1.82) is 0 Å². The third-order valence-corrected chi connectivity index (χ3v) is 4.20. The Morgan fingerprint density at radius 3 is 2.23 bits per heavy atom. The first-order valence-corrected chi connectivity index (χ1v) is 9.20. The second kappa shape index (κ2) is 9.43. The zero-order chi connectivity index (χ0) is 21.5. The summed E-state index contributed by atoms with van der Waals surface area (Å²) in [7, 11) is 0. The van der Waals surface area contributed by atoms with Gasteiger partial charge in [0.15, 0.2) is 5.78 Å². The average Bonchev–Trinajstić information content (AvgIpc) is 2.77. The van der Waals surface area contributed by atoms with Gasteiger partial charge < -0.3 is 9.84 Å². The number of nitrogens with zero attached hydrogens (tertiary/aromatic N) is 2. The van der Waals surface area contributed by atoms with Crippen LogP contribution in [0.4, 0.5) is 11.4 Å². The molecule has 0 aliphatic carbocycles. The number of benzene rings is 3. The summed E-state index contributed by atoms with van der Waals surface area (Å²) in [5.41, 5.74) is 2.82. The number of carbonyl (C=O) groups is 2. The minimum atomic E-state index is -0.438. The lowest BCUT2D eigenvalue weighted by Gasteiger charge is -2.05. The molecule has 6 nitrogen and oxygen atoms in total. The van der Waals surface area contributed by atoms with Crippen LogP contribution in [0.1, 0.15) is 28.4 Å². The fourth-order valence-corrected chi connectivity index (χ4v) is 2.56. The Morgan fingerprint density at radius 1 is 0.933 bits per heavy atom. The first-order valence-electron chi connectivity index (χ1n) is 9.20. The number of aromatic hydroxyl groups is 1. The van der Waals surface area contributed by atoms with Crippen molar-refractivity contribution < 1.29 is 19.4 Å². The van der Waals surface area contributed by atoms with E-state index in [2.05, 4.69) is 16.8 Å². The molecule has 6 heteroatoms. The highest BCUT2D eigenvalue weighted by Gasteiger charge is 2.14. The molecule has 1 N–H and O–H groups in total. The van der Waals surface area contributed by atoms with Crippen molar-refractivity contribution >= 4 is 23.1 Å². The van der Waals surface area contributed by atoms with E-state index in [9.17, 15) is 14.7 Å². The summed E-state index contributed by atoms with van der Waals surface area (Å²) in [6.45, 7) is 5.27. The van der Waals surface area contributed by atoms with Crippen molar-refractivity contribution in [3.05, 3.63) is 102 Å². The molecule has 3 aromatic rings. The van der Waals surface area contributed by atoms with E-state index >= 15 is 0 Å². The van der Waals surface area contributed by atoms with Gasteiger partial charge in [-0.25, -0.2) is 4.79 Å². The molecule has 3 aromatic carbocycles. The number of carbonyl (C=O) groups excluding carboxylic acids is 2. The Kier molecular flexibility index (Phi) is 6.49. The van der Waals surface area contributed by atoms with Crippen LogP contribution in [0, 0.1) is 0 Å². The maximum Gasteiger partial charge on any atom is 0.333 e. The molecule has 0 unspecified atom stereocenters. The van der Waals surface area contributed by atoms with Crippen LogP contribution < -0.4 is 0 Å². The summed E-state index contributed by atoms with van der Waals surface area (Å²) in [6, 6.07) is 20.2. The van der Waals surface area contributed by atoms with Gasteiger partial charge in [0, 0.05) is 11.1 Å². The van der Waals surface area contributed by atoms with Gasteiger partial charge in [0.25, 0.3) is 0 Å². The molecular formula is C24H20N2O4. The van der Waals surface area contributed by atoms with Gasteiger partial charge in [-0.2, -0.15) is 10.2 Å². The zero-order valence-corrected chi connectivity index (χ0v) is 16.4. The molecule has 0 saturated carbocycles. The molecule has 0 spiro atoms. The van der Waals surface area contributed by atoms with E-state index < -0.39 is 5.97 Å². The number of azo groups is 1. The Hall–Kier alpha value is -4.06. The van der Waals surface area contributed by atoms with E-state index in [1.165, 1.54) is 12.1 Å². The lowest BCUT2D eigenvalue weighted by molar-refractivity contribution is -0.140. The first kappa shape index (κ1) is 20.7. The maximum atomic E-state index is 12.6. The van der Waals surface area contributed by atoms with Crippen LogP contribution in [0.5, 0.6) is 5.75 Å². The molecule has 0 fully saturated rings. The fraction of sp³-hybridized carbons (Fsp3) is 0.0833. The number of ketones is 1. The van der Waals surface area contributed by atoms with Gasteiger partial charge in [0.05, 0.1) is 16.9 Å². The Labute approximate surface area is 174 Å². The van der Waals surface area contributed by atoms with E-state index in [0.717, 1.165) is 5.56 Å². The normalized spacial score (nSPS) is 10.7. The Bertz CT molecular complexity index is 1100. The standard InChI is InChI=1S/C24H20N2O4/c1-16(2)24(29)30-15-17-8-10-19(11-9-17)25-26-20-12-13-22(27)21(14-20)23(28)18-6-4-3-5-7-18/h3-14,27H,1,15H2,2H3/b26-25+. The van der Waals surface area contributed by atoms with Crippen molar-refractivity contribution in [3.8, 4) is 5.75 Å². The van der Waals surface area contributed by atoms with Crippen LogP contribution in [-0.2, 0) is 16.1 Å². The molecule has 30 heavy (non-hydrogen) atoms.